The van der Waals surface area contributed by atoms with Gasteiger partial charge in [0.25, 0.3) is 5.69 Å². The Bertz CT molecular complexity index is 515. The third-order valence-corrected chi connectivity index (χ3v) is 3.29. The van der Waals surface area contributed by atoms with Crippen LogP contribution in [0.15, 0.2) is 12.1 Å². The van der Waals surface area contributed by atoms with Crippen LogP contribution < -0.4 is 11.1 Å². The van der Waals surface area contributed by atoms with E-state index in [-0.39, 0.29) is 24.1 Å². The minimum Gasteiger partial charge on any atom is -0.330 e. The van der Waals surface area contributed by atoms with Crippen LogP contribution in [0.3, 0.4) is 0 Å². The van der Waals surface area contributed by atoms with Crippen molar-refractivity contribution >= 4 is 17.3 Å². The number of nitro groups is 1. The molecule has 6 nitrogen and oxygen atoms in total. The number of benzene rings is 1. The number of hydrogen-bond donors (Lipinski definition) is 2. The standard InChI is InChI=1S/C14H21N3O3/c1-4-5-11(8-15)14(18)16-12-7-13(17(19)20)10(3)6-9(12)2/h6-7,11H,4-5,8,15H2,1-3H3,(H,16,18). The number of aryl methyl sites for hydroxylation is 2. The summed E-state index contributed by atoms with van der Waals surface area (Å²) in [5.74, 6) is -0.449. The third kappa shape index (κ3) is 3.77. The van der Waals surface area contributed by atoms with Gasteiger partial charge in [-0.1, -0.05) is 13.3 Å². The van der Waals surface area contributed by atoms with E-state index < -0.39 is 4.92 Å². The molecule has 110 valence electrons. The van der Waals surface area contributed by atoms with Crippen molar-refractivity contribution in [3.05, 3.63) is 33.4 Å². The van der Waals surface area contributed by atoms with Gasteiger partial charge in [0.15, 0.2) is 0 Å². The first-order valence-electron chi connectivity index (χ1n) is 6.67. The highest BCUT2D eigenvalue weighted by Crippen LogP contribution is 2.26. The summed E-state index contributed by atoms with van der Waals surface area (Å²) in [6.07, 6.45) is 1.57. The quantitative estimate of drug-likeness (QED) is 0.617. The van der Waals surface area contributed by atoms with E-state index in [1.807, 2.05) is 13.8 Å². The topological polar surface area (TPSA) is 98.3 Å². The normalized spacial score (nSPS) is 12.0. The van der Waals surface area contributed by atoms with E-state index in [0.29, 0.717) is 17.7 Å². The van der Waals surface area contributed by atoms with E-state index in [9.17, 15) is 14.9 Å². The average Bonchev–Trinajstić information content (AvgIpc) is 2.38. The SMILES string of the molecule is CCCC(CN)C(=O)Nc1cc([N+](=O)[O-])c(C)cc1C. The van der Waals surface area contributed by atoms with Crippen molar-refractivity contribution in [3.63, 3.8) is 0 Å². The second kappa shape index (κ2) is 7.00. The summed E-state index contributed by atoms with van der Waals surface area (Å²) in [5.41, 5.74) is 7.44. The van der Waals surface area contributed by atoms with Crippen molar-refractivity contribution in [1.29, 1.82) is 0 Å². The van der Waals surface area contributed by atoms with E-state index in [1.165, 1.54) is 6.07 Å². The Hall–Kier alpha value is -1.95. The van der Waals surface area contributed by atoms with Gasteiger partial charge in [-0.05, 0) is 31.9 Å². The Morgan fingerprint density at radius 3 is 2.55 bits per heavy atom. The fourth-order valence-electron chi connectivity index (χ4n) is 2.11. The monoisotopic (exact) mass is 279 g/mol. The van der Waals surface area contributed by atoms with Crippen LogP contribution in [0.5, 0.6) is 0 Å². The molecule has 1 unspecified atom stereocenters. The molecule has 1 aromatic rings. The van der Waals surface area contributed by atoms with Gasteiger partial charge < -0.3 is 11.1 Å². The lowest BCUT2D eigenvalue weighted by Crippen LogP contribution is -2.29. The van der Waals surface area contributed by atoms with Crippen LogP contribution >= 0.6 is 0 Å². The maximum atomic E-state index is 12.1. The van der Waals surface area contributed by atoms with Gasteiger partial charge in [0, 0.05) is 18.2 Å². The highest BCUT2D eigenvalue weighted by atomic mass is 16.6. The lowest BCUT2D eigenvalue weighted by atomic mass is 10.0. The van der Waals surface area contributed by atoms with Gasteiger partial charge in [-0.2, -0.15) is 0 Å². The molecule has 0 aliphatic rings. The third-order valence-electron chi connectivity index (χ3n) is 3.29. The van der Waals surface area contributed by atoms with Crippen LogP contribution in [0.4, 0.5) is 11.4 Å². The Balaban J connectivity index is 3.00. The number of amides is 1. The van der Waals surface area contributed by atoms with Crippen molar-refractivity contribution in [2.45, 2.75) is 33.6 Å². The molecule has 0 saturated carbocycles. The first-order chi connectivity index (χ1) is 9.40. The lowest BCUT2D eigenvalue weighted by Gasteiger charge is -2.15. The molecule has 1 amide bonds. The number of carbonyl (C=O) groups is 1. The summed E-state index contributed by atoms with van der Waals surface area (Å²) in [7, 11) is 0. The summed E-state index contributed by atoms with van der Waals surface area (Å²) >= 11 is 0. The van der Waals surface area contributed by atoms with Crippen LogP contribution in [-0.2, 0) is 4.79 Å². The van der Waals surface area contributed by atoms with E-state index >= 15 is 0 Å². The minimum atomic E-state index is -0.448. The lowest BCUT2D eigenvalue weighted by molar-refractivity contribution is -0.385. The second-order valence-corrected chi connectivity index (χ2v) is 4.92. The summed E-state index contributed by atoms with van der Waals surface area (Å²) in [5, 5.41) is 13.7. The van der Waals surface area contributed by atoms with Crippen LogP contribution in [-0.4, -0.2) is 17.4 Å². The minimum absolute atomic E-state index is 0.00527. The number of nitrogens with zero attached hydrogens (tertiary/aromatic N) is 1. The van der Waals surface area contributed by atoms with Gasteiger partial charge >= 0.3 is 0 Å². The Kier molecular flexibility index (Phi) is 5.64. The Morgan fingerprint density at radius 1 is 1.40 bits per heavy atom. The molecule has 0 aromatic heterocycles. The number of hydrogen-bond acceptors (Lipinski definition) is 4. The van der Waals surface area contributed by atoms with E-state index in [0.717, 1.165) is 12.0 Å². The van der Waals surface area contributed by atoms with Crippen molar-refractivity contribution in [2.24, 2.45) is 11.7 Å². The zero-order chi connectivity index (χ0) is 15.3. The molecule has 1 rings (SSSR count). The maximum absolute atomic E-state index is 12.1. The number of rotatable bonds is 6. The fourth-order valence-corrected chi connectivity index (χ4v) is 2.11. The molecule has 1 atom stereocenters. The largest absolute Gasteiger partial charge is 0.330 e. The molecule has 0 aliphatic heterocycles. The molecule has 6 heteroatoms. The predicted octanol–water partition coefficient (Wildman–Crippen LogP) is 2.53. The summed E-state index contributed by atoms with van der Waals surface area (Å²) in [6.45, 7) is 5.74. The van der Waals surface area contributed by atoms with Crippen molar-refractivity contribution in [1.82, 2.24) is 0 Å². The fraction of sp³-hybridized carbons (Fsp3) is 0.500. The van der Waals surface area contributed by atoms with E-state index in [4.69, 9.17) is 5.73 Å². The number of carbonyl (C=O) groups excluding carboxylic acids is 1. The van der Waals surface area contributed by atoms with Gasteiger partial charge in [-0.3, -0.25) is 14.9 Å². The van der Waals surface area contributed by atoms with Crippen LogP contribution in [0.25, 0.3) is 0 Å². The molecular weight excluding hydrogens is 258 g/mol. The molecule has 0 aliphatic carbocycles. The molecular formula is C14H21N3O3. The Labute approximate surface area is 118 Å². The average molecular weight is 279 g/mol. The van der Waals surface area contributed by atoms with E-state index in [1.54, 1.807) is 13.0 Å². The molecule has 3 N–H and O–H groups in total. The number of anilines is 1. The van der Waals surface area contributed by atoms with E-state index in [2.05, 4.69) is 5.32 Å². The van der Waals surface area contributed by atoms with Crippen LogP contribution in [0.2, 0.25) is 0 Å². The molecule has 0 fully saturated rings. The Morgan fingerprint density at radius 2 is 2.05 bits per heavy atom. The zero-order valence-corrected chi connectivity index (χ0v) is 12.1. The summed E-state index contributed by atoms with van der Waals surface area (Å²) in [6, 6.07) is 3.10. The zero-order valence-electron chi connectivity index (χ0n) is 12.1. The molecule has 1 aromatic carbocycles. The smallest absolute Gasteiger partial charge is 0.274 e. The van der Waals surface area contributed by atoms with Gasteiger partial charge in [0.2, 0.25) is 5.91 Å². The first kappa shape index (κ1) is 16.1. The molecule has 0 radical (unpaired) electrons. The predicted molar refractivity (Wildman–Crippen MR) is 78.7 cm³/mol. The highest BCUT2D eigenvalue weighted by molar-refractivity contribution is 5.93. The van der Waals surface area contributed by atoms with Gasteiger partial charge in [0.1, 0.15) is 0 Å². The molecule has 0 bridgehead atoms. The number of nitro benzene ring substituents is 1. The van der Waals surface area contributed by atoms with Gasteiger partial charge in [-0.25, -0.2) is 0 Å². The first-order valence-corrected chi connectivity index (χ1v) is 6.67. The van der Waals surface area contributed by atoms with Gasteiger partial charge in [0.05, 0.1) is 16.5 Å². The molecule has 0 heterocycles. The second-order valence-electron chi connectivity index (χ2n) is 4.92. The molecule has 0 spiro atoms. The summed E-state index contributed by atoms with van der Waals surface area (Å²) in [4.78, 5) is 22.6. The highest BCUT2D eigenvalue weighted by Gasteiger charge is 2.19. The molecule has 0 saturated heterocycles. The van der Waals surface area contributed by atoms with Crippen LogP contribution in [0, 0.1) is 29.9 Å². The van der Waals surface area contributed by atoms with Crippen molar-refractivity contribution in [2.75, 3.05) is 11.9 Å². The summed E-state index contributed by atoms with van der Waals surface area (Å²) < 4.78 is 0. The van der Waals surface area contributed by atoms with Crippen molar-refractivity contribution < 1.29 is 9.72 Å². The van der Waals surface area contributed by atoms with Crippen LogP contribution in [0.1, 0.15) is 30.9 Å². The van der Waals surface area contributed by atoms with Crippen molar-refractivity contribution in [3.8, 4) is 0 Å². The molecule has 20 heavy (non-hydrogen) atoms. The number of nitrogens with two attached hydrogens (primary N) is 1. The van der Waals surface area contributed by atoms with Gasteiger partial charge in [-0.15, -0.1) is 0 Å². The number of nitrogens with one attached hydrogen (secondary N) is 1. The maximum Gasteiger partial charge on any atom is 0.274 e.